The highest BCUT2D eigenvalue weighted by Crippen LogP contribution is 2.09. The molecular weight excluding hydrogens is 352 g/mol. The van der Waals surface area contributed by atoms with E-state index in [1.165, 1.54) is 11.1 Å². The Labute approximate surface area is 169 Å². The molecular formula is C20H38N8. The van der Waals surface area contributed by atoms with Crippen LogP contribution < -0.4 is 32.1 Å². The summed E-state index contributed by atoms with van der Waals surface area (Å²) in [7, 11) is 0. The molecule has 3 rings (SSSR count). The third-order valence-corrected chi connectivity index (χ3v) is 5.12. The minimum atomic E-state index is 0.930. The van der Waals surface area contributed by atoms with E-state index in [2.05, 4.69) is 66.4 Å². The first-order valence-electron chi connectivity index (χ1n) is 10.8. The molecule has 1 aromatic rings. The van der Waals surface area contributed by atoms with Crippen LogP contribution in [0.5, 0.6) is 0 Å². The molecule has 0 unspecified atom stereocenters. The maximum absolute atomic E-state index is 3.54. The first-order chi connectivity index (χ1) is 13.9. The summed E-state index contributed by atoms with van der Waals surface area (Å²) in [4.78, 5) is 0. The Hall–Kier alpha value is -1.10. The zero-order valence-corrected chi connectivity index (χ0v) is 17.1. The summed E-state index contributed by atoms with van der Waals surface area (Å²) in [6.07, 6.45) is 0. The summed E-state index contributed by atoms with van der Waals surface area (Å²) in [6, 6.07) is 9.07. The fourth-order valence-electron chi connectivity index (χ4n) is 3.51. The SMILES string of the molecule is c1cc(CN2CCNCCNCCN2)ccc1CN1CCNCCNCCN1. The third kappa shape index (κ3) is 8.50. The fraction of sp³-hybridized carbons (Fsp3) is 0.700. The van der Waals surface area contributed by atoms with Crippen LogP contribution in [0.1, 0.15) is 11.1 Å². The number of hydrogen-bond donors (Lipinski definition) is 6. The molecule has 0 amide bonds. The molecule has 2 aliphatic heterocycles. The number of hydrazine groups is 2. The molecule has 1 aromatic carbocycles. The summed E-state index contributed by atoms with van der Waals surface area (Å²) < 4.78 is 0. The summed E-state index contributed by atoms with van der Waals surface area (Å²) >= 11 is 0. The number of hydrogen-bond acceptors (Lipinski definition) is 8. The molecule has 0 radical (unpaired) electrons. The lowest BCUT2D eigenvalue weighted by Crippen LogP contribution is -2.47. The normalized spacial score (nSPS) is 22.6. The Morgan fingerprint density at radius 2 is 0.857 bits per heavy atom. The van der Waals surface area contributed by atoms with Crippen molar-refractivity contribution in [3.63, 3.8) is 0 Å². The van der Waals surface area contributed by atoms with E-state index in [-0.39, 0.29) is 0 Å². The highest BCUT2D eigenvalue weighted by Gasteiger charge is 2.09. The van der Waals surface area contributed by atoms with Crippen molar-refractivity contribution >= 4 is 0 Å². The van der Waals surface area contributed by atoms with Gasteiger partial charge in [0.25, 0.3) is 0 Å². The average Bonchev–Trinajstić information content (AvgIpc) is 2.73. The van der Waals surface area contributed by atoms with Crippen molar-refractivity contribution in [3.8, 4) is 0 Å². The second-order valence-corrected chi connectivity index (χ2v) is 7.48. The van der Waals surface area contributed by atoms with Gasteiger partial charge < -0.3 is 21.3 Å². The van der Waals surface area contributed by atoms with Gasteiger partial charge in [0.2, 0.25) is 0 Å². The maximum Gasteiger partial charge on any atom is 0.0382 e. The van der Waals surface area contributed by atoms with Crippen molar-refractivity contribution in [2.45, 2.75) is 13.1 Å². The summed E-state index contributed by atoms with van der Waals surface area (Å²) in [5.41, 5.74) is 9.78. The predicted octanol–water partition coefficient (Wildman–Crippen LogP) is -1.31. The van der Waals surface area contributed by atoms with Crippen molar-refractivity contribution in [3.05, 3.63) is 35.4 Å². The Morgan fingerprint density at radius 1 is 0.500 bits per heavy atom. The lowest BCUT2D eigenvalue weighted by atomic mass is 10.1. The van der Waals surface area contributed by atoms with Gasteiger partial charge in [0.15, 0.2) is 0 Å². The zero-order valence-electron chi connectivity index (χ0n) is 17.1. The number of nitrogens with zero attached hydrogens (tertiary/aromatic N) is 2. The van der Waals surface area contributed by atoms with Crippen LogP contribution in [0.25, 0.3) is 0 Å². The van der Waals surface area contributed by atoms with E-state index in [0.717, 1.165) is 91.6 Å². The quantitative estimate of drug-likeness (QED) is 0.378. The standard InChI is InChI=1S/C20H38N8/c1-2-20(18-28-16-14-24-8-6-22-10-12-26-28)4-3-19(1)17-27-15-13-23-7-5-21-9-11-25-27/h1-4,21-26H,5-18H2. The maximum atomic E-state index is 3.54. The second-order valence-electron chi connectivity index (χ2n) is 7.48. The zero-order chi connectivity index (χ0) is 19.3. The smallest absolute Gasteiger partial charge is 0.0382 e. The van der Waals surface area contributed by atoms with E-state index in [9.17, 15) is 0 Å². The highest BCUT2D eigenvalue weighted by atomic mass is 15.5. The van der Waals surface area contributed by atoms with Gasteiger partial charge in [0.1, 0.15) is 0 Å². The molecule has 6 N–H and O–H groups in total. The lowest BCUT2D eigenvalue weighted by molar-refractivity contribution is 0.175. The van der Waals surface area contributed by atoms with Crippen LogP contribution in [-0.4, -0.2) is 88.6 Å². The van der Waals surface area contributed by atoms with Crippen LogP contribution in [-0.2, 0) is 13.1 Å². The van der Waals surface area contributed by atoms with Gasteiger partial charge in [-0.3, -0.25) is 10.9 Å². The Bertz CT molecular complexity index is 456. The van der Waals surface area contributed by atoms with Gasteiger partial charge in [0, 0.05) is 91.6 Å². The van der Waals surface area contributed by atoms with Crippen molar-refractivity contribution in [1.82, 2.24) is 42.1 Å². The molecule has 158 valence electrons. The molecule has 2 aliphatic rings. The van der Waals surface area contributed by atoms with Gasteiger partial charge in [-0.2, -0.15) is 0 Å². The largest absolute Gasteiger partial charge is 0.314 e. The van der Waals surface area contributed by atoms with Crippen LogP contribution in [0.3, 0.4) is 0 Å². The Morgan fingerprint density at radius 3 is 1.29 bits per heavy atom. The Balaban J connectivity index is 1.47. The van der Waals surface area contributed by atoms with Crippen LogP contribution >= 0.6 is 0 Å². The van der Waals surface area contributed by atoms with Crippen molar-refractivity contribution in [2.75, 3.05) is 78.5 Å². The molecule has 8 heteroatoms. The molecule has 0 aliphatic carbocycles. The first kappa shape index (κ1) is 21.6. The molecule has 8 nitrogen and oxygen atoms in total. The van der Waals surface area contributed by atoms with Crippen molar-refractivity contribution in [1.29, 1.82) is 0 Å². The van der Waals surface area contributed by atoms with Crippen LogP contribution in [0.4, 0.5) is 0 Å². The van der Waals surface area contributed by atoms with Crippen molar-refractivity contribution in [2.24, 2.45) is 0 Å². The van der Waals surface area contributed by atoms with E-state index in [1.807, 2.05) is 0 Å². The number of benzene rings is 1. The molecule has 0 atom stereocenters. The predicted molar refractivity (Wildman–Crippen MR) is 115 cm³/mol. The van der Waals surface area contributed by atoms with Gasteiger partial charge >= 0.3 is 0 Å². The van der Waals surface area contributed by atoms with E-state index in [1.54, 1.807) is 0 Å². The molecule has 0 bridgehead atoms. The minimum absolute atomic E-state index is 0.930. The monoisotopic (exact) mass is 390 g/mol. The van der Waals surface area contributed by atoms with Gasteiger partial charge in [-0.1, -0.05) is 24.3 Å². The van der Waals surface area contributed by atoms with Crippen LogP contribution in [0.15, 0.2) is 24.3 Å². The fourth-order valence-corrected chi connectivity index (χ4v) is 3.51. The summed E-state index contributed by atoms with van der Waals surface area (Å²) in [5.74, 6) is 0. The summed E-state index contributed by atoms with van der Waals surface area (Å²) in [6.45, 7) is 14.0. The van der Waals surface area contributed by atoms with Gasteiger partial charge in [-0.25, -0.2) is 10.0 Å². The van der Waals surface area contributed by atoms with E-state index < -0.39 is 0 Å². The van der Waals surface area contributed by atoms with Gasteiger partial charge in [-0.05, 0) is 11.1 Å². The van der Waals surface area contributed by atoms with Crippen LogP contribution in [0, 0.1) is 0 Å². The minimum Gasteiger partial charge on any atom is -0.314 e. The van der Waals surface area contributed by atoms with E-state index in [4.69, 9.17) is 0 Å². The molecule has 0 aromatic heterocycles. The molecule has 2 fully saturated rings. The highest BCUT2D eigenvalue weighted by molar-refractivity contribution is 5.22. The topological polar surface area (TPSA) is 78.7 Å². The third-order valence-electron chi connectivity index (χ3n) is 5.12. The average molecular weight is 391 g/mol. The van der Waals surface area contributed by atoms with E-state index >= 15 is 0 Å². The first-order valence-corrected chi connectivity index (χ1v) is 10.8. The lowest BCUT2D eigenvalue weighted by Gasteiger charge is -2.26. The summed E-state index contributed by atoms with van der Waals surface area (Å²) in [5, 5.41) is 18.5. The van der Waals surface area contributed by atoms with Crippen molar-refractivity contribution < 1.29 is 0 Å². The van der Waals surface area contributed by atoms with Crippen LogP contribution in [0.2, 0.25) is 0 Å². The number of rotatable bonds is 4. The molecule has 2 saturated heterocycles. The second kappa shape index (κ2) is 13.2. The number of nitrogens with one attached hydrogen (secondary N) is 6. The van der Waals surface area contributed by atoms with Gasteiger partial charge in [-0.15, -0.1) is 0 Å². The Kier molecular flexibility index (Phi) is 10.2. The molecule has 28 heavy (non-hydrogen) atoms. The molecule has 0 spiro atoms. The van der Waals surface area contributed by atoms with E-state index in [0.29, 0.717) is 0 Å². The van der Waals surface area contributed by atoms with Gasteiger partial charge in [0.05, 0.1) is 0 Å². The molecule has 2 heterocycles. The molecule has 0 saturated carbocycles.